The first-order valence-electron chi connectivity index (χ1n) is 7.52. The highest BCUT2D eigenvalue weighted by Gasteiger charge is 2.21. The lowest BCUT2D eigenvalue weighted by atomic mass is 10.0. The first-order chi connectivity index (χ1) is 10.7. The van der Waals surface area contributed by atoms with Gasteiger partial charge in [0, 0.05) is 18.7 Å². The number of carbonyl (C=O) groups excluding carboxylic acids is 1. The molecule has 116 valence electrons. The highest BCUT2D eigenvalue weighted by atomic mass is 32.2. The minimum atomic E-state index is 0.149. The van der Waals surface area contributed by atoms with Gasteiger partial charge in [0.2, 0.25) is 11.8 Å². The molecule has 1 aromatic carbocycles. The zero-order valence-electron chi connectivity index (χ0n) is 12.6. The van der Waals surface area contributed by atoms with Crippen LogP contribution in [0.2, 0.25) is 0 Å². The van der Waals surface area contributed by atoms with E-state index in [0.29, 0.717) is 22.8 Å². The molecule has 6 heteroatoms. The van der Waals surface area contributed by atoms with Gasteiger partial charge in [-0.15, -0.1) is 10.2 Å². The van der Waals surface area contributed by atoms with E-state index in [1.54, 1.807) is 0 Å². The molecule has 1 fully saturated rings. The number of nitrogens with zero attached hydrogens (tertiary/aromatic N) is 3. The fourth-order valence-electron chi connectivity index (χ4n) is 2.60. The van der Waals surface area contributed by atoms with Crippen molar-refractivity contribution in [2.45, 2.75) is 25.0 Å². The fourth-order valence-corrected chi connectivity index (χ4v) is 3.26. The molecule has 0 N–H and O–H groups in total. The summed E-state index contributed by atoms with van der Waals surface area (Å²) in [6, 6.07) is 9.62. The Bertz CT molecular complexity index is 629. The van der Waals surface area contributed by atoms with E-state index in [4.69, 9.17) is 4.42 Å². The van der Waals surface area contributed by atoms with Crippen LogP contribution in [0.3, 0.4) is 0 Å². The van der Waals surface area contributed by atoms with Crippen molar-refractivity contribution < 1.29 is 9.21 Å². The maximum Gasteiger partial charge on any atom is 0.277 e. The van der Waals surface area contributed by atoms with Crippen molar-refractivity contribution in [2.24, 2.45) is 5.92 Å². The quantitative estimate of drug-likeness (QED) is 0.811. The van der Waals surface area contributed by atoms with E-state index >= 15 is 0 Å². The molecule has 3 rings (SSSR count). The van der Waals surface area contributed by atoms with Crippen molar-refractivity contribution in [3.63, 3.8) is 0 Å². The van der Waals surface area contributed by atoms with Gasteiger partial charge in [-0.2, -0.15) is 0 Å². The Morgan fingerprint density at radius 1 is 1.36 bits per heavy atom. The first kappa shape index (κ1) is 15.1. The molecule has 0 radical (unpaired) electrons. The molecule has 0 aliphatic carbocycles. The van der Waals surface area contributed by atoms with Crippen molar-refractivity contribution in [3.8, 4) is 11.5 Å². The molecule has 2 heterocycles. The molecular formula is C16H19N3O2S. The van der Waals surface area contributed by atoms with Crippen LogP contribution in [0.15, 0.2) is 40.0 Å². The minimum Gasteiger partial charge on any atom is -0.411 e. The second kappa shape index (κ2) is 6.96. The Kier molecular flexibility index (Phi) is 4.77. The molecule has 2 aromatic rings. The number of carbonyl (C=O) groups is 1. The van der Waals surface area contributed by atoms with Crippen molar-refractivity contribution >= 4 is 17.7 Å². The maximum atomic E-state index is 12.2. The molecule has 1 aliphatic rings. The van der Waals surface area contributed by atoms with Gasteiger partial charge in [0.15, 0.2) is 0 Å². The highest BCUT2D eigenvalue weighted by molar-refractivity contribution is 7.99. The summed E-state index contributed by atoms with van der Waals surface area (Å²) in [6.45, 7) is 3.91. The normalized spacial score (nSPS) is 18.4. The maximum absolute atomic E-state index is 12.2. The number of hydrogen-bond donors (Lipinski definition) is 0. The summed E-state index contributed by atoms with van der Waals surface area (Å²) in [5, 5.41) is 8.47. The minimum absolute atomic E-state index is 0.149. The van der Waals surface area contributed by atoms with Gasteiger partial charge in [-0.1, -0.05) is 36.9 Å². The third-order valence-corrected chi connectivity index (χ3v) is 4.56. The third kappa shape index (κ3) is 3.68. The molecule has 0 spiro atoms. The van der Waals surface area contributed by atoms with E-state index in [2.05, 4.69) is 17.1 Å². The molecular weight excluding hydrogens is 298 g/mol. The number of likely N-dealkylation sites (tertiary alicyclic amines) is 1. The number of benzene rings is 1. The summed E-state index contributed by atoms with van der Waals surface area (Å²) in [6.07, 6.45) is 2.30. The number of piperidine rings is 1. The number of amides is 1. The number of hydrogen-bond acceptors (Lipinski definition) is 5. The molecule has 5 nitrogen and oxygen atoms in total. The van der Waals surface area contributed by atoms with E-state index in [-0.39, 0.29) is 5.91 Å². The Morgan fingerprint density at radius 3 is 2.95 bits per heavy atom. The van der Waals surface area contributed by atoms with Gasteiger partial charge in [0.05, 0.1) is 5.75 Å². The van der Waals surface area contributed by atoms with Crippen molar-refractivity contribution in [3.05, 3.63) is 30.3 Å². The largest absolute Gasteiger partial charge is 0.411 e. The monoisotopic (exact) mass is 317 g/mol. The summed E-state index contributed by atoms with van der Waals surface area (Å²) >= 11 is 1.31. The molecule has 0 unspecified atom stereocenters. The molecule has 22 heavy (non-hydrogen) atoms. The standard InChI is InChI=1S/C16H19N3O2S/c1-12-6-5-9-19(10-12)14(20)11-22-16-18-17-15(21-16)13-7-3-2-4-8-13/h2-4,7-8,12H,5-6,9-11H2,1H3/t12-/m1/s1. The Balaban J connectivity index is 1.56. The average Bonchev–Trinajstić information content (AvgIpc) is 3.02. The van der Waals surface area contributed by atoms with Gasteiger partial charge in [0.25, 0.3) is 5.22 Å². The number of aromatic nitrogens is 2. The van der Waals surface area contributed by atoms with Gasteiger partial charge < -0.3 is 9.32 Å². The van der Waals surface area contributed by atoms with Gasteiger partial charge >= 0.3 is 0 Å². The Morgan fingerprint density at radius 2 is 2.18 bits per heavy atom. The van der Waals surface area contributed by atoms with E-state index in [0.717, 1.165) is 25.1 Å². The molecule has 1 aromatic heterocycles. The van der Waals surface area contributed by atoms with Crippen LogP contribution in [0.4, 0.5) is 0 Å². The van der Waals surface area contributed by atoms with Crippen molar-refractivity contribution in [1.29, 1.82) is 0 Å². The fraction of sp³-hybridized carbons (Fsp3) is 0.438. The summed E-state index contributed by atoms with van der Waals surface area (Å²) in [5.41, 5.74) is 0.887. The molecule has 1 aliphatic heterocycles. The molecule has 0 saturated carbocycles. The average molecular weight is 317 g/mol. The van der Waals surface area contributed by atoms with Crippen LogP contribution in [0.25, 0.3) is 11.5 Å². The van der Waals surface area contributed by atoms with Crippen LogP contribution in [-0.4, -0.2) is 39.8 Å². The molecule has 1 amide bonds. The predicted octanol–water partition coefficient (Wildman–Crippen LogP) is 3.09. The summed E-state index contributed by atoms with van der Waals surface area (Å²) in [4.78, 5) is 14.1. The SMILES string of the molecule is C[C@@H]1CCCN(C(=O)CSc2nnc(-c3ccccc3)o2)C1. The summed E-state index contributed by atoms with van der Waals surface area (Å²) in [5.74, 6) is 1.58. The van der Waals surface area contributed by atoms with Crippen LogP contribution < -0.4 is 0 Å². The van der Waals surface area contributed by atoms with Gasteiger partial charge in [-0.3, -0.25) is 4.79 Å². The smallest absolute Gasteiger partial charge is 0.277 e. The van der Waals surface area contributed by atoms with E-state index in [1.807, 2.05) is 35.2 Å². The molecule has 1 atom stereocenters. The van der Waals surface area contributed by atoms with Gasteiger partial charge in [-0.05, 0) is 30.9 Å². The van der Waals surface area contributed by atoms with Gasteiger partial charge in [-0.25, -0.2) is 0 Å². The lowest BCUT2D eigenvalue weighted by molar-refractivity contribution is -0.130. The third-order valence-electron chi connectivity index (χ3n) is 3.76. The summed E-state index contributed by atoms with van der Waals surface area (Å²) in [7, 11) is 0. The molecule has 1 saturated heterocycles. The summed E-state index contributed by atoms with van der Waals surface area (Å²) < 4.78 is 5.60. The lowest BCUT2D eigenvalue weighted by Crippen LogP contribution is -2.40. The number of thioether (sulfide) groups is 1. The van der Waals surface area contributed by atoms with E-state index in [9.17, 15) is 4.79 Å². The second-order valence-electron chi connectivity index (χ2n) is 5.61. The topological polar surface area (TPSA) is 59.2 Å². The first-order valence-corrected chi connectivity index (χ1v) is 8.50. The van der Waals surface area contributed by atoms with Crippen LogP contribution in [-0.2, 0) is 4.79 Å². The Hall–Kier alpha value is -1.82. The number of rotatable bonds is 4. The highest BCUT2D eigenvalue weighted by Crippen LogP contribution is 2.24. The van der Waals surface area contributed by atoms with Crippen molar-refractivity contribution in [2.75, 3.05) is 18.8 Å². The van der Waals surface area contributed by atoms with E-state index < -0.39 is 0 Å². The lowest BCUT2D eigenvalue weighted by Gasteiger charge is -2.30. The zero-order chi connectivity index (χ0) is 15.4. The zero-order valence-corrected chi connectivity index (χ0v) is 13.4. The molecule has 0 bridgehead atoms. The van der Waals surface area contributed by atoms with Crippen LogP contribution >= 0.6 is 11.8 Å². The Labute approximate surface area is 134 Å². The van der Waals surface area contributed by atoms with Crippen molar-refractivity contribution in [1.82, 2.24) is 15.1 Å². The van der Waals surface area contributed by atoms with Crippen LogP contribution in [0.5, 0.6) is 0 Å². The van der Waals surface area contributed by atoms with Crippen LogP contribution in [0, 0.1) is 5.92 Å². The second-order valence-corrected chi connectivity index (χ2v) is 6.54. The van der Waals surface area contributed by atoms with Crippen LogP contribution in [0.1, 0.15) is 19.8 Å². The van der Waals surface area contributed by atoms with E-state index in [1.165, 1.54) is 18.2 Å². The van der Waals surface area contributed by atoms with Gasteiger partial charge in [0.1, 0.15) is 0 Å². The predicted molar refractivity (Wildman–Crippen MR) is 85.4 cm³/mol.